The number of nitrogens with one attached hydrogen (secondary N) is 1. The summed E-state index contributed by atoms with van der Waals surface area (Å²) in [5.74, 6) is -2.58. The van der Waals surface area contributed by atoms with Crippen LogP contribution in [0.3, 0.4) is 0 Å². The number of rotatable bonds is 5. The number of carboxylic acids is 1. The minimum Gasteiger partial charge on any atom is -0.480 e. The topological polar surface area (TPSA) is 69.6 Å². The van der Waals surface area contributed by atoms with Gasteiger partial charge in [-0.05, 0) is 18.9 Å². The number of amides is 1. The molecule has 1 saturated heterocycles. The van der Waals surface area contributed by atoms with E-state index in [-0.39, 0.29) is 25.4 Å². The second kappa shape index (κ2) is 5.99. The van der Waals surface area contributed by atoms with Crippen molar-refractivity contribution in [1.29, 1.82) is 0 Å². The lowest BCUT2D eigenvalue weighted by Crippen LogP contribution is -2.55. The Morgan fingerprint density at radius 3 is 2.35 bits per heavy atom. The standard InChI is InChI=1S/C12H19F3N2O3/c1-8(2)5-17(6-9(18)19)10(20)11(12(13,14)15)3-4-16-7-11/h8,16H,3-7H2,1-2H3,(H,18,19). The highest BCUT2D eigenvalue weighted by Crippen LogP contribution is 2.44. The van der Waals surface area contributed by atoms with Crippen LogP contribution in [0.15, 0.2) is 0 Å². The maximum atomic E-state index is 13.3. The summed E-state index contributed by atoms with van der Waals surface area (Å²) >= 11 is 0. The Kier molecular flexibility index (Phi) is 5.01. The molecule has 116 valence electrons. The predicted octanol–water partition coefficient (Wildman–Crippen LogP) is 1.10. The van der Waals surface area contributed by atoms with Crippen molar-refractivity contribution in [3.63, 3.8) is 0 Å². The fourth-order valence-electron chi connectivity index (χ4n) is 2.36. The molecule has 0 aromatic heterocycles. The lowest BCUT2D eigenvalue weighted by molar-refractivity contribution is -0.222. The third-order valence-electron chi connectivity index (χ3n) is 3.31. The van der Waals surface area contributed by atoms with E-state index in [1.165, 1.54) is 0 Å². The van der Waals surface area contributed by atoms with Crippen molar-refractivity contribution < 1.29 is 27.9 Å². The van der Waals surface area contributed by atoms with Gasteiger partial charge in [-0.2, -0.15) is 13.2 Å². The van der Waals surface area contributed by atoms with Crippen LogP contribution in [-0.2, 0) is 9.59 Å². The zero-order valence-electron chi connectivity index (χ0n) is 11.5. The van der Waals surface area contributed by atoms with Gasteiger partial charge in [0.2, 0.25) is 5.91 Å². The molecule has 0 aromatic rings. The molecule has 0 aromatic carbocycles. The second-order valence-corrected chi connectivity index (χ2v) is 5.48. The molecule has 20 heavy (non-hydrogen) atoms. The first-order chi connectivity index (χ1) is 9.10. The number of carboxylic acid groups (broad SMARTS) is 1. The van der Waals surface area contributed by atoms with Crippen LogP contribution in [0, 0.1) is 11.3 Å². The quantitative estimate of drug-likeness (QED) is 0.797. The number of aliphatic carboxylic acids is 1. The molecule has 1 fully saturated rings. The molecule has 0 spiro atoms. The lowest BCUT2D eigenvalue weighted by Gasteiger charge is -2.35. The molecule has 1 amide bonds. The van der Waals surface area contributed by atoms with Gasteiger partial charge in [0.25, 0.3) is 0 Å². The molecule has 2 N–H and O–H groups in total. The maximum Gasteiger partial charge on any atom is 0.404 e. The Labute approximate surface area is 115 Å². The summed E-state index contributed by atoms with van der Waals surface area (Å²) in [6.45, 7) is 2.31. The number of hydrogen-bond acceptors (Lipinski definition) is 3. The third kappa shape index (κ3) is 3.41. The van der Waals surface area contributed by atoms with Crippen molar-refractivity contribution in [3.8, 4) is 0 Å². The third-order valence-corrected chi connectivity index (χ3v) is 3.31. The summed E-state index contributed by atoms with van der Waals surface area (Å²) < 4.78 is 39.8. The van der Waals surface area contributed by atoms with Gasteiger partial charge >= 0.3 is 12.1 Å². The van der Waals surface area contributed by atoms with Gasteiger partial charge in [0.1, 0.15) is 6.54 Å². The number of carbonyl (C=O) groups is 2. The van der Waals surface area contributed by atoms with Crippen molar-refractivity contribution in [2.75, 3.05) is 26.2 Å². The number of halogens is 3. The van der Waals surface area contributed by atoms with Gasteiger partial charge in [-0.1, -0.05) is 13.8 Å². The molecule has 1 unspecified atom stereocenters. The van der Waals surface area contributed by atoms with Gasteiger partial charge in [0.15, 0.2) is 5.41 Å². The molecule has 0 aliphatic carbocycles. The first-order valence-corrected chi connectivity index (χ1v) is 6.39. The van der Waals surface area contributed by atoms with E-state index in [0.29, 0.717) is 0 Å². The fourth-order valence-corrected chi connectivity index (χ4v) is 2.36. The summed E-state index contributed by atoms with van der Waals surface area (Å²) in [7, 11) is 0. The van der Waals surface area contributed by atoms with Crippen LogP contribution >= 0.6 is 0 Å². The molecule has 1 aliphatic heterocycles. The smallest absolute Gasteiger partial charge is 0.404 e. The minimum atomic E-state index is -4.69. The van der Waals surface area contributed by atoms with Crippen LogP contribution in [-0.4, -0.2) is 54.2 Å². The van der Waals surface area contributed by atoms with E-state index in [9.17, 15) is 22.8 Å². The van der Waals surface area contributed by atoms with Gasteiger partial charge in [0, 0.05) is 13.1 Å². The van der Waals surface area contributed by atoms with Crippen LogP contribution in [0.4, 0.5) is 13.2 Å². The van der Waals surface area contributed by atoms with Crippen LogP contribution in [0.1, 0.15) is 20.3 Å². The number of nitrogens with zero attached hydrogens (tertiary/aromatic N) is 1. The average Bonchev–Trinajstić information content (AvgIpc) is 2.75. The van der Waals surface area contributed by atoms with Gasteiger partial charge in [0.05, 0.1) is 0 Å². The summed E-state index contributed by atoms with van der Waals surface area (Å²) in [5.41, 5.74) is -2.50. The monoisotopic (exact) mass is 296 g/mol. The number of hydrogen-bond donors (Lipinski definition) is 2. The minimum absolute atomic E-state index is 0.0109. The van der Waals surface area contributed by atoms with Crippen molar-refractivity contribution >= 4 is 11.9 Å². The Balaban J connectivity index is 3.04. The van der Waals surface area contributed by atoms with Gasteiger partial charge in [-0.3, -0.25) is 9.59 Å². The number of carbonyl (C=O) groups excluding carboxylic acids is 1. The van der Waals surface area contributed by atoms with Crippen LogP contribution < -0.4 is 5.32 Å². The maximum absolute atomic E-state index is 13.3. The van der Waals surface area contributed by atoms with E-state index in [2.05, 4.69) is 5.32 Å². The van der Waals surface area contributed by atoms with E-state index in [0.717, 1.165) is 4.90 Å². The first-order valence-electron chi connectivity index (χ1n) is 6.39. The fraction of sp³-hybridized carbons (Fsp3) is 0.833. The molecule has 1 rings (SSSR count). The van der Waals surface area contributed by atoms with Gasteiger partial charge in [-0.15, -0.1) is 0 Å². The first kappa shape index (κ1) is 16.7. The predicted molar refractivity (Wildman–Crippen MR) is 65.0 cm³/mol. The van der Waals surface area contributed by atoms with Crippen molar-refractivity contribution in [1.82, 2.24) is 10.2 Å². The number of alkyl halides is 3. The summed E-state index contributed by atoms with van der Waals surface area (Å²) in [5, 5.41) is 11.3. The van der Waals surface area contributed by atoms with E-state index < -0.39 is 36.6 Å². The lowest BCUT2D eigenvalue weighted by atomic mass is 9.84. The van der Waals surface area contributed by atoms with E-state index in [4.69, 9.17) is 5.11 Å². The normalized spacial score (nSPS) is 23.1. The van der Waals surface area contributed by atoms with Crippen molar-refractivity contribution in [2.24, 2.45) is 11.3 Å². The largest absolute Gasteiger partial charge is 0.480 e. The van der Waals surface area contributed by atoms with E-state index in [1.807, 2.05) is 0 Å². The Bertz CT molecular complexity index is 377. The molecule has 0 radical (unpaired) electrons. The highest BCUT2D eigenvalue weighted by atomic mass is 19.4. The SMILES string of the molecule is CC(C)CN(CC(=O)O)C(=O)C1(C(F)(F)F)CCNC1. The molecule has 8 heteroatoms. The van der Waals surface area contributed by atoms with Crippen LogP contribution in [0.2, 0.25) is 0 Å². The molecule has 5 nitrogen and oxygen atoms in total. The Morgan fingerprint density at radius 2 is 2.00 bits per heavy atom. The molecule has 0 bridgehead atoms. The highest BCUT2D eigenvalue weighted by Gasteiger charge is 2.62. The molecule has 0 saturated carbocycles. The zero-order valence-corrected chi connectivity index (χ0v) is 11.5. The van der Waals surface area contributed by atoms with Gasteiger partial charge < -0.3 is 15.3 Å². The Morgan fingerprint density at radius 1 is 1.40 bits per heavy atom. The van der Waals surface area contributed by atoms with Crippen molar-refractivity contribution in [3.05, 3.63) is 0 Å². The van der Waals surface area contributed by atoms with E-state index >= 15 is 0 Å². The Hall–Kier alpha value is -1.31. The van der Waals surface area contributed by atoms with Crippen molar-refractivity contribution in [2.45, 2.75) is 26.4 Å². The van der Waals surface area contributed by atoms with Crippen LogP contribution in [0.25, 0.3) is 0 Å². The summed E-state index contributed by atoms with van der Waals surface area (Å²) in [6, 6.07) is 0. The summed E-state index contributed by atoms with van der Waals surface area (Å²) in [4.78, 5) is 23.9. The zero-order chi connectivity index (χ0) is 15.6. The average molecular weight is 296 g/mol. The van der Waals surface area contributed by atoms with Crippen LogP contribution in [0.5, 0.6) is 0 Å². The van der Waals surface area contributed by atoms with Gasteiger partial charge in [-0.25, -0.2) is 0 Å². The molecule has 1 aliphatic rings. The molecule has 1 atom stereocenters. The summed E-state index contributed by atoms with van der Waals surface area (Å²) in [6.07, 6.45) is -5.05. The molecular formula is C12H19F3N2O3. The highest BCUT2D eigenvalue weighted by molar-refractivity contribution is 5.87. The molecule has 1 heterocycles. The molecular weight excluding hydrogens is 277 g/mol. The van der Waals surface area contributed by atoms with E-state index in [1.54, 1.807) is 13.8 Å². The second-order valence-electron chi connectivity index (χ2n) is 5.48.